The maximum Gasteiger partial charge on any atom is 0.323 e. The van der Waals surface area contributed by atoms with Crippen LogP contribution in [0.25, 0.3) is 11.3 Å². The van der Waals surface area contributed by atoms with E-state index in [4.69, 9.17) is 0 Å². The second-order valence-electron chi connectivity index (χ2n) is 2.46. The Kier molecular flexibility index (Phi) is 1.33. The van der Waals surface area contributed by atoms with Crippen molar-refractivity contribution in [2.24, 2.45) is 0 Å². The first-order valence-corrected chi connectivity index (χ1v) is 3.48. The van der Waals surface area contributed by atoms with Crippen molar-refractivity contribution in [3.05, 3.63) is 45.1 Å². The molecule has 0 atom stereocenters. The molecule has 0 fully saturated rings. The highest BCUT2D eigenvalue weighted by Gasteiger charge is 2.03. The van der Waals surface area contributed by atoms with Crippen LogP contribution in [0, 0.1) is 0 Å². The molecule has 12 heavy (non-hydrogen) atoms. The van der Waals surface area contributed by atoms with Gasteiger partial charge in [-0.25, -0.2) is 4.79 Å². The van der Waals surface area contributed by atoms with Gasteiger partial charge in [-0.05, 0) is 12.1 Å². The quantitative estimate of drug-likeness (QED) is 0.579. The molecule has 2 rings (SSSR count). The number of benzene rings is 1. The van der Waals surface area contributed by atoms with Gasteiger partial charge in [0.1, 0.15) is 0 Å². The van der Waals surface area contributed by atoms with Gasteiger partial charge in [-0.15, -0.1) is 0 Å². The standard InChI is InChI=1S/C8H6N2O2/c11-7-3-1-2-6-5(7)4-9-8(12)10-6/h1-4H,(H2,9,10,12). The second kappa shape index (κ2) is 2.34. The molecule has 0 saturated carbocycles. The van der Waals surface area contributed by atoms with Crippen LogP contribution in [0.15, 0.2) is 34.0 Å². The molecule has 0 amide bonds. The molecule has 0 unspecified atom stereocenters. The molecule has 1 aliphatic carbocycles. The number of hydrogen-bond acceptors (Lipinski definition) is 2. The minimum Gasteiger partial charge on any atom is -0.314 e. The van der Waals surface area contributed by atoms with Crippen molar-refractivity contribution in [2.45, 2.75) is 0 Å². The zero-order valence-electron chi connectivity index (χ0n) is 6.13. The normalized spacial score (nSPS) is 10.3. The van der Waals surface area contributed by atoms with Crippen molar-refractivity contribution >= 4 is 0 Å². The lowest BCUT2D eigenvalue weighted by atomic mass is 10.1. The number of fused-ring (bicyclic) bond motifs is 1. The highest BCUT2D eigenvalue weighted by Crippen LogP contribution is 2.08. The third kappa shape index (κ3) is 0.934. The zero-order valence-corrected chi connectivity index (χ0v) is 6.13. The highest BCUT2D eigenvalue weighted by molar-refractivity contribution is 5.58. The Morgan fingerprint density at radius 1 is 1.17 bits per heavy atom. The van der Waals surface area contributed by atoms with Crippen LogP contribution in [0.5, 0.6) is 0 Å². The van der Waals surface area contributed by atoms with Gasteiger partial charge in [-0.2, -0.15) is 0 Å². The molecule has 0 spiro atoms. The van der Waals surface area contributed by atoms with Gasteiger partial charge in [-0.3, -0.25) is 4.79 Å². The maximum atomic E-state index is 11.1. The molecule has 60 valence electrons. The predicted molar refractivity (Wildman–Crippen MR) is 44.3 cm³/mol. The fourth-order valence-corrected chi connectivity index (χ4v) is 1.10. The fraction of sp³-hybridized carbons (Fsp3) is 0. The van der Waals surface area contributed by atoms with E-state index >= 15 is 0 Å². The fourth-order valence-electron chi connectivity index (χ4n) is 1.10. The van der Waals surface area contributed by atoms with E-state index in [1.807, 2.05) is 0 Å². The number of rotatable bonds is 0. The molecule has 4 heteroatoms. The first kappa shape index (κ1) is 6.84. The molecule has 4 nitrogen and oxygen atoms in total. The summed E-state index contributed by atoms with van der Waals surface area (Å²) in [5.41, 5.74) is 0.649. The summed E-state index contributed by atoms with van der Waals surface area (Å²) in [5.74, 6) is 0. The molecule has 0 radical (unpaired) electrons. The number of H-pyrrole nitrogens is 2. The van der Waals surface area contributed by atoms with Gasteiger partial charge in [0.05, 0.1) is 11.3 Å². The first-order chi connectivity index (χ1) is 5.77. The van der Waals surface area contributed by atoms with E-state index in [-0.39, 0.29) is 11.1 Å². The van der Waals surface area contributed by atoms with E-state index in [1.54, 1.807) is 12.1 Å². The van der Waals surface area contributed by atoms with E-state index in [0.29, 0.717) is 11.3 Å². The monoisotopic (exact) mass is 162 g/mol. The van der Waals surface area contributed by atoms with Crippen molar-refractivity contribution in [1.82, 2.24) is 9.97 Å². The van der Waals surface area contributed by atoms with Crippen molar-refractivity contribution in [3.8, 4) is 11.3 Å². The summed E-state index contributed by atoms with van der Waals surface area (Å²) in [7, 11) is 0. The minimum atomic E-state index is -0.312. The predicted octanol–water partition coefficient (Wildman–Crippen LogP) is 0.168. The molecule has 0 aromatic heterocycles. The van der Waals surface area contributed by atoms with Crippen LogP contribution in [0.1, 0.15) is 0 Å². The second-order valence-corrected chi connectivity index (χ2v) is 2.46. The van der Waals surface area contributed by atoms with Crippen LogP contribution in [-0.2, 0) is 0 Å². The first-order valence-electron chi connectivity index (χ1n) is 3.48. The third-order valence-corrected chi connectivity index (χ3v) is 1.66. The summed E-state index contributed by atoms with van der Waals surface area (Å²) < 4.78 is 0. The highest BCUT2D eigenvalue weighted by atomic mass is 16.1. The molecule has 0 aromatic rings. The van der Waals surface area contributed by atoms with Crippen LogP contribution in [0.4, 0.5) is 0 Å². The molecule has 0 bridgehead atoms. The number of aromatic nitrogens is 2. The third-order valence-electron chi connectivity index (χ3n) is 1.66. The van der Waals surface area contributed by atoms with Crippen LogP contribution < -0.4 is 11.1 Å². The van der Waals surface area contributed by atoms with Crippen LogP contribution in [-0.4, -0.2) is 9.97 Å². The summed E-state index contributed by atoms with van der Waals surface area (Å²) in [5, 5.41) is 0. The maximum absolute atomic E-state index is 11.1. The van der Waals surface area contributed by atoms with E-state index in [2.05, 4.69) is 9.97 Å². The largest absolute Gasteiger partial charge is 0.323 e. The van der Waals surface area contributed by atoms with Crippen LogP contribution >= 0.6 is 0 Å². The number of nitrogens with one attached hydrogen (secondary N) is 2. The topological polar surface area (TPSA) is 65.7 Å². The minimum absolute atomic E-state index is 0.0972. The molecular formula is C8H6N2O2. The Morgan fingerprint density at radius 2 is 2.00 bits per heavy atom. The molecule has 0 saturated heterocycles. The Labute approximate surface area is 67.2 Å². The molecule has 1 heterocycles. The summed E-state index contributed by atoms with van der Waals surface area (Å²) in [6.07, 6.45) is 1.41. The summed E-state index contributed by atoms with van der Waals surface area (Å²) >= 11 is 0. The molecule has 1 aliphatic heterocycles. The van der Waals surface area contributed by atoms with Crippen molar-refractivity contribution < 1.29 is 0 Å². The number of aromatic amines is 2. The van der Waals surface area contributed by atoms with Gasteiger partial charge < -0.3 is 9.97 Å². The number of hydrogen-bond donors (Lipinski definition) is 2. The zero-order chi connectivity index (χ0) is 8.55. The SMILES string of the molecule is O=c1[nH]cc2c(=O)cccc-2[nH]1. The molecule has 2 N–H and O–H groups in total. The van der Waals surface area contributed by atoms with E-state index in [9.17, 15) is 9.59 Å². The smallest absolute Gasteiger partial charge is 0.314 e. The van der Waals surface area contributed by atoms with E-state index < -0.39 is 0 Å². The van der Waals surface area contributed by atoms with Crippen molar-refractivity contribution in [2.75, 3.05) is 0 Å². The van der Waals surface area contributed by atoms with Gasteiger partial charge in [-0.1, -0.05) is 6.07 Å². The Morgan fingerprint density at radius 3 is 2.83 bits per heavy atom. The average molecular weight is 162 g/mol. The van der Waals surface area contributed by atoms with Gasteiger partial charge in [0.15, 0.2) is 5.43 Å². The Hall–Kier alpha value is -1.84. The van der Waals surface area contributed by atoms with E-state index in [1.165, 1.54) is 12.3 Å². The Bertz CT molecular complexity index is 483. The summed E-state index contributed by atoms with van der Waals surface area (Å²) in [6.45, 7) is 0. The Balaban J connectivity index is 2.95. The molecular weight excluding hydrogens is 156 g/mol. The van der Waals surface area contributed by atoms with Gasteiger partial charge in [0.2, 0.25) is 0 Å². The van der Waals surface area contributed by atoms with Gasteiger partial charge in [0, 0.05) is 6.20 Å². The molecule has 0 aromatic carbocycles. The lowest BCUT2D eigenvalue weighted by molar-refractivity contribution is 1.07. The van der Waals surface area contributed by atoms with Gasteiger partial charge >= 0.3 is 5.69 Å². The van der Waals surface area contributed by atoms with Gasteiger partial charge in [0.25, 0.3) is 0 Å². The lowest BCUT2D eigenvalue weighted by Gasteiger charge is -1.99. The summed E-state index contributed by atoms with van der Waals surface area (Å²) in [6, 6.07) is 4.75. The summed E-state index contributed by atoms with van der Waals surface area (Å²) in [4.78, 5) is 26.9. The van der Waals surface area contributed by atoms with Crippen LogP contribution in [0.2, 0.25) is 0 Å². The average Bonchev–Trinajstić information content (AvgIpc) is 2.04. The van der Waals surface area contributed by atoms with Crippen molar-refractivity contribution in [1.29, 1.82) is 0 Å². The van der Waals surface area contributed by atoms with E-state index in [0.717, 1.165) is 0 Å². The van der Waals surface area contributed by atoms with Crippen LogP contribution in [0.3, 0.4) is 0 Å². The lowest BCUT2D eigenvalue weighted by Crippen LogP contribution is -2.15. The molecule has 2 aliphatic rings. The van der Waals surface area contributed by atoms with Crippen molar-refractivity contribution in [3.63, 3.8) is 0 Å².